The van der Waals surface area contributed by atoms with Crippen LogP contribution in [0.1, 0.15) is 48.0 Å². The van der Waals surface area contributed by atoms with E-state index in [9.17, 15) is 27.9 Å². The zero-order chi connectivity index (χ0) is 28.1. The molecule has 1 aliphatic heterocycles. The third-order valence-electron chi connectivity index (χ3n) is 6.71. The fourth-order valence-corrected chi connectivity index (χ4v) is 5.35. The Balaban J connectivity index is 1.48. The molecule has 0 unspecified atom stereocenters. The van der Waals surface area contributed by atoms with Gasteiger partial charge in [0, 0.05) is 48.0 Å². The van der Waals surface area contributed by atoms with E-state index in [0.717, 1.165) is 42.0 Å². The Labute approximate surface area is 234 Å². The van der Waals surface area contributed by atoms with E-state index in [1.54, 1.807) is 18.2 Å². The molecule has 3 rings (SSSR count). The average molecular weight is 595 g/mol. The molecule has 2 aromatic carbocycles. The molecular weight excluding hydrogens is 566 g/mol. The third-order valence-corrected chi connectivity index (χ3v) is 7.46. The van der Waals surface area contributed by atoms with Gasteiger partial charge in [0.15, 0.2) is 0 Å². The molecule has 1 aliphatic rings. The van der Waals surface area contributed by atoms with E-state index in [2.05, 4.69) is 10.6 Å². The molecule has 2 aromatic rings. The summed E-state index contributed by atoms with van der Waals surface area (Å²) in [5, 5.41) is 16.6. The number of unbranched alkanes of at least 4 members (excludes halogenated alkanes) is 1. The van der Waals surface area contributed by atoms with Crippen LogP contribution in [-0.2, 0) is 10.4 Å². The molecule has 0 saturated carbocycles. The van der Waals surface area contributed by atoms with Crippen LogP contribution in [0.2, 0.25) is 15.1 Å². The third kappa shape index (κ3) is 7.05. The summed E-state index contributed by atoms with van der Waals surface area (Å²) in [6.45, 7) is 0.920. The van der Waals surface area contributed by atoms with Gasteiger partial charge in [-0.2, -0.15) is 13.2 Å². The minimum Gasteiger partial charge on any atom is -0.385 e. The highest BCUT2D eigenvalue weighted by atomic mass is 35.5. The van der Waals surface area contributed by atoms with Gasteiger partial charge in [0.1, 0.15) is 0 Å². The maximum atomic E-state index is 14.0. The van der Waals surface area contributed by atoms with Gasteiger partial charge in [0.2, 0.25) is 0 Å². The molecule has 208 valence electrons. The van der Waals surface area contributed by atoms with Crippen LogP contribution in [-0.4, -0.2) is 54.7 Å². The zero-order valence-corrected chi connectivity index (χ0v) is 22.9. The molecule has 0 aromatic heterocycles. The summed E-state index contributed by atoms with van der Waals surface area (Å²) in [5.74, 6) is -1.42. The second kappa shape index (κ2) is 12.8. The van der Waals surface area contributed by atoms with Gasteiger partial charge in [-0.1, -0.05) is 47.6 Å². The Morgan fingerprint density at radius 2 is 1.66 bits per heavy atom. The van der Waals surface area contributed by atoms with Crippen LogP contribution in [0.3, 0.4) is 0 Å². The smallest absolute Gasteiger partial charge is 0.385 e. The topological polar surface area (TPSA) is 81.7 Å². The predicted octanol–water partition coefficient (Wildman–Crippen LogP) is 6.28. The molecule has 1 saturated heterocycles. The number of nitrogens with one attached hydrogen (secondary N) is 2. The number of rotatable bonds is 9. The van der Waals surface area contributed by atoms with Gasteiger partial charge in [0.05, 0.1) is 10.6 Å². The van der Waals surface area contributed by atoms with Crippen molar-refractivity contribution in [2.24, 2.45) is 5.92 Å². The summed E-state index contributed by atoms with van der Waals surface area (Å²) in [5.41, 5.74) is -3.24. The monoisotopic (exact) mass is 593 g/mol. The lowest BCUT2D eigenvalue weighted by atomic mass is 9.88. The van der Waals surface area contributed by atoms with E-state index in [1.807, 2.05) is 0 Å². The highest BCUT2D eigenvalue weighted by Crippen LogP contribution is 2.43. The van der Waals surface area contributed by atoms with Crippen molar-refractivity contribution in [2.75, 3.05) is 32.0 Å². The van der Waals surface area contributed by atoms with E-state index in [0.29, 0.717) is 30.0 Å². The number of anilines is 1. The Hall–Kier alpha value is -2.20. The van der Waals surface area contributed by atoms with Crippen molar-refractivity contribution < 1.29 is 27.9 Å². The molecule has 0 radical (unpaired) electrons. The molecule has 0 spiro atoms. The van der Waals surface area contributed by atoms with Crippen LogP contribution < -0.4 is 10.6 Å². The van der Waals surface area contributed by atoms with Crippen molar-refractivity contribution in [3.05, 3.63) is 62.6 Å². The van der Waals surface area contributed by atoms with Crippen LogP contribution in [0.25, 0.3) is 0 Å². The maximum Gasteiger partial charge on any atom is 0.430 e. The molecule has 2 amide bonds. The fraction of sp³-hybridized carbons (Fsp3) is 0.462. The van der Waals surface area contributed by atoms with Crippen molar-refractivity contribution in [2.45, 2.75) is 43.9 Å². The van der Waals surface area contributed by atoms with Crippen LogP contribution in [0.4, 0.5) is 18.9 Å². The number of benzene rings is 2. The normalized spacial score (nSPS) is 16.2. The molecule has 1 atom stereocenters. The highest BCUT2D eigenvalue weighted by molar-refractivity contribution is 6.35. The summed E-state index contributed by atoms with van der Waals surface area (Å²) in [4.78, 5) is 25.7. The first-order chi connectivity index (χ1) is 17.9. The van der Waals surface area contributed by atoms with Gasteiger partial charge in [0.25, 0.3) is 17.4 Å². The van der Waals surface area contributed by atoms with Crippen LogP contribution in [0, 0.1) is 5.92 Å². The molecular formula is C26H29Cl3F3N3O3. The number of alkyl halides is 3. The second-order valence-electron chi connectivity index (χ2n) is 9.30. The summed E-state index contributed by atoms with van der Waals surface area (Å²) >= 11 is 17.8. The minimum atomic E-state index is -5.26. The molecule has 0 bridgehead atoms. The molecule has 0 aliphatic carbocycles. The number of carbonyl (C=O) groups excluding carboxylic acids is 2. The molecule has 12 heteroatoms. The van der Waals surface area contributed by atoms with Crippen molar-refractivity contribution in [3.63, 3.8) is 0 Å². The highest BCUT2D eigenvalue weighted by Gasteiger charge is 2.62. The quantitative estimate of drug-likeness (QED) is 0.299. The first kappa shape index (κ1) is 30.3. The Morgan fingerprint density at radius 3 is 2.21 bits per heavy atom. The molecule has 6 nitrogen and oxygen atoms in total. The number of piperidine rings is 1. The van der Waals surface area contributed by atoms with Gasteiger partial charge in [-0.25, -0.2) is 0 Å². The van der Waals surface area contributed by atoms with Crippen molar-refractivity contribution in [1.29, 1.82) is 0 Å². The first-order valence-electron chi connectivity index (χ1n) is 12.2. The maximum absolute atomic E-state index is 14.0. The number of hydrogen-bond acceptors (Lipinski definition) is 4. The largest absolute Gasteiger partial charge is 0.430 e. The SMILES string of the molecule is CNC(=O)c1ccc(NCCCCC2CCN(C(=O)[C@](O)(c3cc(Cl)cc(Cl)c3)C(F)(F)F)CC2)cc1Cl. The van der Waals surface area contributed by atoms with E-state index in [-0.39, 0.29) is 35.0 Å². The van der Waals surface area contributed by atoms with Gasteiger partial charge in [-0.05, 0) is 61.6 Å². The Morgan fingerprint density at radius 1 is 1.03 bits per heavy atom. The zero-order valence-electron chi connectivity index (χ0n) is 20.7. The lowest BCUT2D eigenvalue weighted by Gasteiger charge is -2.38. The number of amides is 2. The van der Waals surface area contributed by atoms with Gasteiger partial charge in [-0.15, -0.1) is 0 Å². The van der Waals surface area contributed by atoms with Gasteiger partial charge >= 0.3 is 6.18 Å². The second-order valence-corrected chi connectivity index (χ2v) is 10.6. The first-order valence-corrected chi connectivity index (χ1v) is 13.3. The number of aliphatic hydroxyl groups is 1. The molecule has 1 heterocycles. The number of hydrogen-bond donors (Lipinski definition) is 3. The summed E-state index contributed by atoms with van der Waals surface area (Å²) in [6, 6.07) is 8.17. The van der Waals surface area contributed by atoms with E-state index >= 15 is 0 Å². The van der Waals surface area contributed by atoms with E-state index < -0.39 is 23.2 Å². The van der Waals surface area contributed by atoms with Gasteiger partial charge < -0.3 is 20.6 Å². The fourth-order valence-electron chi connectivity index (χ4n) is 4.56. The van der Waals surface area contributed by atoms with E-state index in [1.165, 1.54) is 13.1 Å². The molecule has 1 fully saturated rings. The van der Waals surface area contributed by atoms with Crippen LogP contribution >= 0.6 is 34.8 Å². The number of halogens is 6. The molecule has 38 heavy (non-hydrogen) atoms. The summed E-state index contributed by atoms with van der Waals surface area (Å²) in [7, 11) is 1.53. The van der Waals surface area contributed by atoms with E-state index in [4.69, 9.17) is 34.8 Å². The van der Waals surface area contributed by atoms with Gasteiger partial charge in [-0.3, -0.25) is 9.59 Å². The van der Waals surface area contributed by atoms with Crippen molar-refractivity contribution >= 4 is 52.3 Å². The van der Waals surface area contributed by atoms with Crippen LogP contribution in [0.15, 0.2) is 36.4 Å². The lowest BCUT2D eigenvalue weighted by molar-refractivity contribution is -0.262. The standard InChI is InChI=1S/C26H29Cl3F3N3O3/c1-33-23(36)21-6-5-20(15-22(21)29)34-9-3-2-4-16-7-10-35(11-8-16)24(37)25(38,26(30,31)32)17-12-18(27)14-19(28)13-17/h5-6,12-16,34,38H,2-4,7-11H2,1H3,(H,33,36)/t25-/m1/s1. The number of nitrogens with zero attached hydrogens (tertiary/aromatic N) is 1. The average Bonchev–Trinajstić information content (AvgIpc) is 2.86. The Kier molecular flexibility index (Phi) is 10.2. The Bertz CT molecular complexity index is 1140. The minimum absolute atomic E-state index is 0.111. The summed E-state index contributed by atoms with van der Waals surface area (Å²) < 4.78 is 41.9. The lowest BCUT2D eigenvalue weighted by Crippen LogP contribution is -2.57. The van der Waals surface area contributed by atoms with Crippen LogP contribution in [0.5, 0.6) is 0 Å². The predicted molar refractivity (Wildman–Crippen MR) is 143 cm³/mol. The molecule has 3 N–H and O–H groups in total. The summed E-state index contributed by atoms with van der Waals surface area (Å²) in [6.07, 6.45) is -1.55. The number of likely N-dealkylation sites (tertiary alicyclic amines) is 1. The van der Waals surface area contributed by atoms with Crippen molar-refractivity contribution in [1.82, 2.24) is 10.2 Å². The number of carbonyl (C=O) groups is 2. The van der Waals surface area contributed by atoms with Crippen molar-refractivity contribution in [3.8, 4) is 0 Å².